The van der Waals surface area contributed by atoms with Crippen LogP contribution in [0.1, 0.15) is 71.2 Å². The van der Waals surface area contributed by atoms with Crippen molar-refractivity contribution in [2.45, 2.75) is 57.5 Å². The van der Waals surface area contributed by atoms with Gasteiger partial charge in [-0.2, -0.15) is 0 Å². The Morgan fingerprint density at radius 2 is 1.88 bits per heavy atom. The van der Waals surface area contributed by atoms with Crippen molar-refractivity contribution in [2.75, 3.05) is 13.7 Å². The summed E-state index contributed by atoms with van der Waals surface area (Å²) in [7, 11) is 1.39. The number of hydrogen-bond acceptors (Lipinski definition) is 6. The van der Waals surface area contributed by atoms with Crippen LogP contribution in [0.5, 0.6) is 0 Å². The van der Waals surface area contributed by atoms with Crippen LogP contribution in [-0.4, -0.2) is 39.5 Å². The molecule has 0 unspecified atom stereocenters. The van der Waals surface area contributed by atoms with Gasteiger partial charge in [0.05, 0.1) is 24.1 Å². The monoisotopic (exact) mass is 442 g/mol. The molecular weight excluding hydrogens is 412 g/mol. The molecule has 0 spiro atoms. The minimum Gasteiger partial charge on any atom is -0.465 e. The molecule has 2 aliphatic rings. The van der Waals surface area contributed by atoms with Crippen LogP contribution in [0.3, 0.4) is 0 Å². The third-order valence-electron chi connectivity index (χ3n) is 6.80. The van der Waals surface area contributed by atoms with Crippen LogP contribution in [0.15, 0.2) is 48.7 Å². The topological polar surface area (TPSA) is 68.2 Å². The summed E-state index contributed by atoms with van der Waals surface area (Å²) >= 11 is 0. The van der Waals surface area contributed by atoms with E-state index in [0.717, 1.165) is 48.8 Å². The van der Waals surface area contributed by atoms with Crippen LogP contribution >= 0.6 is 0 Å². The molecule has 2 aromatic heterocycles. The first kappa shape index (κ1) is 21.7. The standard InChI is InChI=1S/C27H30N4O2/c1-33-27(32)21-12-10-19(11-13-21)24-9-5-8-23(29-24)18-31-15-14-25-22(17-31)16-28-26(30-25)20-6-3-2-4-7-20/h5,8-13,16,20H,2-4,6-7,14-15,17-18H2,1H3. The van der Waals surface area contributed by atoms with Crippen molar-refractivity contribution < 1.29 is 9.53 Å². The molecule has 6 nitrogen and oxygen atoms in total. The average Bonchev–Trinajstić information content (AvgIpc) is 2.88. The number of carbonyl (C=O) groups excluding carboxylic acids is 1. The molecule has 5 rings (SSSR count). The first-order chi connectivity index (χ1) is 16.2. The van der Waals surface area contributed by atoms with E-state index in [1.807, 2.05) is 24.3 Å². The van der Waals surface area contributed by atoms with Crippen molar-refractivity contribution >= 4 is 5.97 Å². The third kappa shape index (κ3) is 4.96. The molecule has 1 aliphatic heterocycles. The second-order valence-electron chi connectivity index (χ2n) is 9.08. The average molecular weight is 443 g/mol. The van der Waals surface area contributed by atoms with Gasteiger partial charge >= 0.3 is 5.97 Å². The fraction of sp³-hybridized carbons (Fsp3) is 0.407. The number of aromatic nitrogens is 3. The molecule has 0 radical (unpaired) electrons. The Balaban J connectivity index is 1.26. The Bertz CT molecular complexity index is 1120. The molecule has 1 saturated carbocycles. The first-order valence-electron chi connectivity index (χ1n) is 11.9. The van der Waals surface area contributed by atoms with Gasteiger partial charge in [-0.25, -0.2) is 14.8 Å². The lowest BCUT2D eigenvalue weighted by Crippen LogP contribution is -2.31. The van der Waals surface area contributed by atoms with E-state index in [1.54, 1.807) is 12.1 Å². The van der Waals surface area contributed by atoms with Crippen molar-refractivity contribution in [2.24, 2.45) is 0 Å². The molecule has 170 valence electrons. The maximum atomic E-state index is 11.7. The lowest BCUT2D eigenvalue weighted by molar-refractivity contribution is 0.0600. The molecule has 0 atom stereocenters. The maximum Gasteiger partial charge on any atom is 0.337 e. The molecule has 0 saturated heterocycles. The Morgan fingerprint density at radius 1 is 1.06 bits per heavy atom. The van der Waals surface area contributed by atoms with E-state index in [9.17, 15) is 4.79 Å². The Morgan fingerprint density at radius 3 is 2.67 bits per heavy atom. The zero-order valence-electron chi connectivity index (χ0n) is 19.2. The third-order valence-corrected chi connectivity index (χ3v) is 6.80. The number of fused-ring (bicyclic) bond motifs is 1. The number of benzene rings is 1. The summed E-state index contributed by atoms with van der Waals surface area (Å²) in [5.74, 6) is 1.29. The molecule has 0 amide bonds. The highest BCUT2D eigenvalue weighted by atomic mass is 16.5. The summed E-state index contributed by atoms with van der Waals surface area (Å²) in [5, 5.41) is 0. The summed E-state index contributed by atoms with van der Waals surface area (Å²) < 4.78 is 4.78. The summed E-state index contributed by atoms with van der Waals surface area (Å²) in [6.45, 7) is 2.63. The second-order valence-corrected chi connectivity index (χ2v) is 9.08. The van der Waals surface area contributed by atoms with Crippen LogP contribution in [0.25, 0.3) is 11.3 Å². The number of rotatable bonds is 5. The SMILES string of the molecule is COC(=O)c1ccc(-c2cccc(CN3CCc4nc(C5CCCCC5)ncc4C3)n2)cc1. The zero-order chi connectivity index (χ0) is 22.6. The number of ether oxygens (including phenoxy) is 1. The number of carbonyl (C=O) groups is 1. The number of hydrogen-bond donors (Lipinski definition) is 0. The number of methoxy groups -OCH3 is 1. The van der Waals surface area contributed by atoms with Gasteiger partial charge in [0.15, 0.2) is 0 Å². The molecule has 0 bridgehead atoms. The number of pyridine rings is 1. The van der Waals surface area contributed by atoms with Gasteiger partial charge in [-0.3, -0.25) is 9.88 Å². The Labute approximate surface area is 195 Å². The van der Waals surface area contributed by atoms with E-state index in [1.165, 1.54) is 50.5 Å². The molecule has 3 aromatic rings. The summed E-state index contributed by atoms with van der Waals surface area (Å²) in [5.41, 5.74) is 5.94. The van der Waals surface area contributed by atoms with Gasteiger partial charge < -0.3 is 4.74 Å². The maximum absolute atomic E-state index is 11.7. The highest BCUT2D eigenvalue weighted by Gasteiger charge is 2.23. The van der Waals surface area contributed by atoms with E-state index >= 15 is 0 Å². The van der Waals surface area contributed by atoms with Crippen LogP contribution in [0.4, 0.5) is 0 Å². The van der Waals surface area contributed by atoms with Crippen molar-refractivity contribution in [3.63, 3.8) is 0 Å². The van der Waals surface area contributed by atoms with Gasteiger partial charge in [0, 0.05) is 55.0 Å². The number of nitrogens with zero attached hydrogens (tertiary/aromatic N) is 4. The minimum atomic E-state index is -0.330. The van der Waals surface area contributed by atoms with E-state index in [2.05, 4.69) is 17.2 Å². The summed E-state index contributed by atoms with van der Waals surface area (Å²) in [4.78, 5) is 28.7. The van der Waals surface area contributed by atoms with Crippen LogP contribution in [0.2, 0.25) is 0 Å². The highest BCUT2D eigenvalue weighted by Crippen LogP contribution is 2.31. The molecule has 6 heteroatoms. The van der Waals surface area contributed by atoms with Crippen LogP contribution in [0, 0.1) is 0 Å². The quantitative estimate of drug-likeness (QED) is 0.522. The molecular formula is C27H30N4O2. The second kappa shape index (κ2) is 9.79. The van der Waals surface area contributed by atoms with Crippen LogP contribution < -0.4 is 0 Å². The first-order valence-corrected chi connectivity index (χ1v) is 11.9. The molecule has 3 heterocycles. The summed E-state index contributed by atoms with van der Waals surface area (Å²) in [6, 6.07) is 13.5. The van der Waals surface area contributed by atoms with Crippen molar-refractivity contribution in [3.8, 4) is 11.3 Å². The van der Waals surface area contributed by atoms with Gasteiger partial charge in [-0.1, -0.05) is 37.5 Å². The van der Waals surface area contributed by atoms with Gasteiger partial charge in [0.2, 0.25) is 0 Å². The molecule has 1 aliphatic carbocycles. The van der Waals surface area contributed by atoms with Gasteiger partial charge in [0.25, 0.3) is 0 Å². The predicted molar refractivity (Wildman–Crippen MR) is 127 cm³/mol. The molecule has 0 N–H and O–H groups in total. The van der Waals surface area contributed by atoms with Crippen molar-refractivity contribution in [1.82, 2.24) is 19.9 Å². The molecule has 1 aromatic carbocycles. The lowest BCUT2D eigenvalue weighted by Gasteiger charge is -2.29. The number of esters is 1. The zero-order valence-corrected chi connectivity index (χ0v) is 19.2. The van der Waals surface area contributed by atoms with Crippen LogP contribution in [-0.2, 0) is 24.2 Å². The van der Waals surface area contributed by atoms with Gasteiger partial charge in [-0.05, 0) is 37.1 Å². The molecule has 1 fully saturated rings. The molecule has 33 heavy (non-hydrogen) atoms. The fourth-order valence-electron chi connectivity index (χ4n) is 4.93. The van der Waals surface area contributed by atoms with Crippen molar-refractivity contribution in [3.05, 3.63) is 77.0 Å². The van der Waals surface area contributed by atoms with E-state index in [-0.39, 0.29) is 5.97 Å². The van der Waals surface area contributed by atoms with Crippen molar-refractivity contribution in [1.29, 1.82) is 0 Å². The smallest absolute Gasteiger partial charge is 0.337 e. The fourth-order valence-corrected chi connectivity index (χ4v) is 4.93. The Kier molecular flexibility index (Phi) is 6.44. The highest BCUT2D eigenvalue weighted by molar-refractivity contribution is 5.89. The van der Waals surface area contributed by atoms with Gasteiger partial charge in [-0.15, -0.1) is 0 Å². The largest absolute Gasteiger partial charge is 0.465 e. The summed E-state index contributed by atoms with van der Waals surface area (Å²) in [6.07, 6.45) is 9.46. The van der Waals surface area contributed by atoms with E-state index in [0.29, 0.717) is 11.5 Å². The Hall–Kier alpha value is -3.12. The predicted octanol–water partition coefficient (Wildman–Crippen LogP) is 4.93. The minimum absolute atomic E-state index is 0.330. The normalized spacial score (nSPS) is 16.9. The van der Waals surface area contributed by atoms with E-state index in [4.69, 9.17) is 19.7 Å². The van der Waals surface area contributed by atoms with Gasteiger partial charge in [0.1, 0.15) is 5.82 Å². The van der Waals surface area contributed by atoms with E-state index < -0.39 is 0 Å². The lowest BCUT2D eigenvalue weighted by atomic mass is 9.88.